The van der Waals surface area contributed by atoms with Gasteiger partial charge in [0.05, 0.1) is 0 Å². The number of nitrogens with two attached hydrogens (primary N) is 1. The summed E-state index contributed by atoms with van der Waals surface area (Å²) in [6.07, 6.45) is 0.300. The Morgan fingerprint density at radius 1 is 1.03 bits per heavy atom. The molecule has 5 amide bonds. The van der Waals surface area contributed by atoms with Gasteiger partial charge in [0.1, 0.15) is 24.4 Å². The highest BCUT2D eigenvalue weighted by molar-refractivity contribution is 5.92. The fourth-order valence-corrected chi connectivity index (χ4v) is 3.68. The maximum atomic E-state index is 13.4. The number of alkyl carbamates (subject to hydrolysis) is 1. The second kappa shape index (κ2) is 11.5. The average molecular weight is 469 g/mol. The van der Waals surface area contributed by atoms with Crippen LogP contribution in [0.1, 0.15) is 24.0 Å². The third-order valence-electron chi connectivity index (χ3n) is 5.33. The van der Waals surface area contributed by atoms with Gasteiger partial charge in [0.15, 0.2) is 0 Å². The number of likely N-dealkylation sites (tertiary alicyclic amines) is 1. The summed E-state index contributed by atoms with van der Waals surface area (Å²) in [7, 11) is 0. The van der Waals surface area contributed by atoms with Crippen LogP contribution in [0.15, 0.2) is 54.6 Å². The van der Waals surface area contributed by atoms with Gasteiger partial charge in [-0.3, -0.25) is 15.0 Å². The Morgan fingerprint density at radius 3 is 2.41 bits per heavy atom. The summed E-state index contributed by atoms with van der Waals surface area (Å²) in [6.45, 7) is 0.334. The quantitative estimate of drug-likeness (QED) is 0.379. The van der Waals surface area contributed by atoms with Crippen LogP contribution >= 0.6 is 0 Å². The Morgan fingerprint density at radius 2 is 1.74 bits per heavy atom. The predicted molar refractivity (Wildman–Crippen MR) is 121 cm³/mol. The first-order chi connectivity index (χ1) is 16.3. The minimum atomic E-state index is -1.02. The van der Waals surface area contributed by atoms with Crippen molar-refractivity contribution in [3.05, 3.63) is 65.7 Å². The van der Waals surface area contributed by atoms with Crippen molar-refractivity contribution >= 4 is 23.9 Å². The van der Waals surface area contributed by atoms with Gasteiger partial charge in [0, 0.05) is 13.0 Å². The topological polar surface area (TPSA) is 163 Å². The lowest BCUT2D eigenvalue weighted by atomic mass is 10.0. The molecule has 180 valence electrons. The Labute approximate surface area is 196 Å². The van der Waals surface area contributed by atoms with Crippen molar-refractivity contribution in [2.45, 2.75) is 38.0 Å². The number of hydrazine groups is 1. The van der Waals surface area contributed by atoms with E-state index < -0.39 is 36.0 Å². The van der Waals surface area contributed by atoms with Crippen molar-refractivity contribution in [2.75, 3.05) is 6.54 Å². The van der Waals surface area contributed by atoms with Gasteiger partial charge in [-0.1, -0.05) is 42.5 Å². The van der Waals surface area contributed by atoms with Crippen LogP contribution in [0, 0.1) is 0 Å². The number of phenolic OH excluding ortho intramolecular Hbond substituents is 1. The first-order valence-corrected chi connectivity index (χ1v) is 10.7. The molecule has 34 heavy (non-hydrogen) atoms. The van der Waals surface area contributed by atoms with Crippen LogP contribution in [0.25, 0.3) is 0 Å². The number of phenols is 1. The third kappa shape index (κ3) is 6.86. The van der Waals surface area contributed by atoms with Crippen LogP contribution in [-0.4, -0.2) is 52.6 Å². The smallest absolute Gasteiger partial charge is 0.408 e. The van der Waals surface area contributed by atoms with E-state index in [1.807, 2.05) is 23.6 Å². The van der Waals surface area contributed by atoms with Crippen molar-refractivity contribution in [1.82, 2.24) is 21.1 Å². The molecule has 3 rings (SSSR count). The molecule has 2 atom stereocenters. The van der Waals surface area contributed by atoms with E-state index in [1.54, 1.807) is 24.3 Å². The van der Waals surface area contributed by atoms with E-state index in [-0.39, 0.29) is 18.8 Å². The van der Waals surface area contributed by atoms with E-state index in [0.717, 1.165) is 5.56 Å². The molecule has 0 aliphatic carbocycles. The third-order valence-corrected chi connectivity index (χ3v) is 5.33. The monoisotopic (exact) mass is 469 g/mol. The number of rotatable bonds is 7. The van der Waals surface area contributed by atoms with Gasteiger partial charge in [-0.25, -0.2) is 15.0 Å². The van der Waals surface area contributed by atoms with Crippen LogP contribution in [0.4, 0.5) is 9.59 Å². The lowest BCUT2D eigenvalue weighted by molar-refractivity contribution is -0.140. The van der Waals surface area contributed by atoms with Crippen molar-refractivity contribution in [1.29, 1.82) is 0 Å². The number of carbonyl (C=O) groups excluding carboxylic acids is 4. The Balaban J connectivity index is 1.71. The molecule has 2 aromatic rings. The van der Waals surface area contributed by atoms with E-state index in [9.17, 15) is 24.3 Å². The van der Waals surface area contributed by atoms with Gasteiger partial charge in [-0.05, 0) is 36.1 Å². The molecule has 1 heterocycles. The van der Waals surface area contributed by atoms with Gasteiger partial charge >= 0.3 is 12.1 Å². The minimum Gasteiger partial charge on any atom is -0.508 e. The number of nitrogens with zero attached hydrogens (tertiary/aromatic N) is 1. The summed E-state index contributed by atoms with van der Waals surface area (Å²) in [5, 5.41) is 12.1. The zero-order valence-electron chi connectivity index (χ0n) is 18.4. The van der Waals surface area contributed by atoms with E-state index >= 15 is 0 Å². The molecule has 0 unspecified atom stereocenters. The molecule has 11 nitrogen and oxygen atoms in total. The van der Waals surface area contributed by atoms with E-state index in [0.29, 0.717) is 24.9 Å². The number of carbonyl (C=O) groups is 4. The van der Waals surface area contributed by atoms with Crippen molar-refractivity contribution < 1.29 is 29.0 Å². The van der Waals surface area contributed by atoms with Crippen LogP contribution in [0.2, 0.25) is 0 Å². The molecule has 0 bridgehead atoms. The second-order valence-electron chi connectivity index (χ2n) is 7.80. The largest absolute Gasteiger partial charge is 0.508 e. The predicted octanol–water partition coefficient (Wildman–Crippen LogP) is 0.920. The highest BCUT2D eigenvalue weighted by atomic mass is 16.5. The zero-order chi connectivity index (χ0) is 24.5. The number of urea groups is 1. The molecule has 1 aliphatic heterocycles. The SMILES string of the molecule is NC(=O)NNC(=O)[C@@H]1CCCN1C(=O)[C@H](Cc1ccc(O)cc1)NC(=O)OCc1ccccc1. The summed E-state index contributed by atoms with van der Waals surface area (Å²) in [5.41, 5.74) is 10.7. The maximum Gasteiger partial charge on any atom is 0.408 e. The molecule has 11 heteroatoms. The molecule has 1 fully saturated rings. The molecule has 0 spiro atoms. The standard InChI is InChI=1S/C23H27N5O6/c24-22(32)27-26-20(30)19-7-4-12-28(19)21(31)18(13-15-8-10-17(29)11-9-15)25-23(33)34-14-16-5-2-1-3-6-16/h1-3,5-6,8-11,18-19,29H,4,7,12-14H2,(H,25,33)(H,26,30)(H3,24,27,32)/t18-,19-/m0/s1. The van der Waals surface area contributed by atoms with Crippen LogP contribution in [0.5, 0.6) is 5.75 Å². The second-order valence-corrected chi connectivity index (χ2v) is 7.80. The number of amides is 5. The lowest BCUT2D eigenvalue weighted by Crippen LogP contribution is -2.56. The van der Waals surface area contributed by atoms with E-state index in [4.69, 9.17) is 10.5 Å². The zero-order valence-corrected chi connectivity index (χ0v) is 18.4. The number of nitrogens with one attached hydrogen (secondary N) is 3. The summed E-state index contributed by atoms with van der Waals surface area (Å²) in [4.78, 5) is 50.6. The Hall–Kier alpha value is -4.28. The number of benzene rings is 2. The van der Waals surface area contributed by atoms with Crippen molar-refractivity contribution in [3.8, 4) is 5.75 Å². The molecule has 1 aliphatic rings. The normalized spacial score (nSPS) is 15.8. The number of aromatic hydroxyl groups is 1. The number of hydrogen-bond acceptors (Lipinski definition) is 6. The van der Waals surface area contributed by atoms with Gasteiger partial charge in [-0.15, -0.1) is 0 Å². The Kier molecular flexibility index (Phi) is 8.27. The number of primary amides is 1. The van der Waals surface area contributed by atoms with Gasteiger partial charge in [0.25, 0.3) is 5.91 Å². The van der Waals surface area contributed by atoms with Crippen molar-refractivity contribution in [3.63, 3.8) is 0 Å². The minimum absolute atomic E-state index is 0.0281. The fourth-order valence-electron chi connectivity index (χ4n) is 3.68. The molecule has 2 aromatic carbocycles. The lowest BCUT2D eigenvalue weighted by Gasteiger charge is -2.28. The molecule has 1 saturated heterocycles. The number of ether oxygens (including phenoxy) is 1. The highest BCUT2D eigenvalue weighted by Crippen LogP contribution is 2.20. The summed E-state index contributed by atoms with van der Waals surface area (Å²) in [5.74, 6) is -0.985. The van der Waals surface area contributed by atoms with E-state index in [2.05, 4.69) is 10.7 Å². The maximum absolute atomic E-state index is 13.4. The summed E-state index contributed by atoms with van der Waals surface area (Å²) < 4.78 is 5.27. The average Bonchev–Trinajstić information content (AvgIpc) is 3.32. The van der Waals surface area contributed by atoms with Crippen LogP contribution < -0.4 is 21.9 Å². The van der Waals surface area contributed by atoms with Crippen LogP contribution in [0.3, 0.4) is 0 Å². The molecule has 0 radical (unpaired) electrons. The summed E-state index contributed by atoms with van der Waals surface area (Å²) in [6, 6.07) is 12.5. The van der Waals surface area contributed by atoms with Crippen molar-refractivity contribution in [2.24, 2.45) is 5.73 Å². The first kappa shape index (κ1) is 24.4. The molecule has 0 saturated carbocycles. The van der Waals surface area contributed by atoms with Gasteiger partial charge in [0.2, 0.25) is 5.91 Å². The number of hydrogen-bond donors (Lipinski definition) is 5. The highest BCUT2D eigenvalue weighted by Gasteiger charge is 2.38. The van der Waals surface area contributed by atoms with Gasteiger partial charge in [-0.2, -0.15) is 0 Å². The van der Waals surface area contributed by atoms with Gasteiger partial charge < -0.3 is 25.8 Å². The molecular formula is C23H27N5O6. The van der Waals surface area contributed by atoms with E-state index in [1.165, 1.54) is 17.0 Å². The first-order valence-electron chi connectivity index (χ1n) is 10.7. The Bertz CT molecular complexity index is 1010. The molecule has 0 aromatic heterocycles. The molecule has 6 N–H and O–H groups in total. The van der Waals surface area contributed by atoms with Crippen LogP contribution in [-0.2, 0) is 27.4 Å². The molecular weight excluding hydrogens is 442 g/mol. The fraction of sp³-hybridized carbons (Fsp3) is 0.304. The summed E-state index contributed by atoms with van der Waals surface area (Å²) >= 11 is 0.